The summed E-state index contributed by atoms with van der Waals surface area (Å²) in [6.07, 6.45) is 6.50. The molecule has 0 spiro atoms. The predicted molar refractivity (Wildman–Crippen MR) is 84.6 cm³/mol. The number of hydrogen-bond acceptors (Lipinski definition) is 3. The number of carbonyl (C=O) groups is 1. The van der Waals surface area contributed by atoms with Gasteiger partial charge in [-0.3, -0.25) is 4.79 Å². The molecule has 0 saturated heterocycles. The van der Waals surface area contributed by atoms with E-state index >= 15 is 0 Å². The van der Waals surface area contributed by atoms with E-state index in [-0.39, 0.29) is 5.41 Å². The number of amides is 1. The molecular weight excluding hydrogens is 250 g/mol. The van der Waals surface area contributed by atoms with E-state index < -0.39 is 0 Å². The second kappa shape index (κ2) is 7.99. The Labute approximate surface area is 124 Å². The molecule has 20 heavy (non-hydrogen) atoms. The summed E-state index contributed by atoms with van der Waals surface area (Å²) in [5, 5.41) is 0. The summed E-state index contributed by atoms with van der Waals surface area (Å²) in [7, 11) is 4.13. The molecule has 0 heterocycles. The second-order valence-corrected chi connectivity index (χ2v) is 6.43. The van der Waals surface area contributed by atoms with Crippen LogP contribution in [0.15, 0.2) is 0 Å². The van der Waals surface area contributed by atoms with Crippen LogP contribution in [0.25, 0.3) is 0 Å². The molecule has 0 radical (unpaired) electrons. The van der Waals surface area contributed by atoms with Crippen molar-refractivity contribution in [3.63, 3.8) is 0 Å². The molecule has 2 N–H and O–H groups in total. The van der Waals surface area contributed by atoms with Crippen LogP contribution >= 0.6 is 0 Å². The standard InChI is InChI=1S/C16H33N3O/c1-5-16(6-2,13-17)15(20)19(12-11-18(3)4)14-9-7-8-10-14/h14H,5-13,17H2,1-4H3. The smallest absolute Gasteiger partial charge is 0.230 e. The minimum atomic E-state index is -0.352. The minimum Gasteiger partial charge on any atom is -0.338 e. The van der Waals surface area contributed by atoms with E-state index in [2.05, 4.69) is 37.7 Å². The highest BCUT2D eigenvalue weighted by Crippen LogP contribution is 2.32. The van der Waals surface area contributed by atoms with Gasteiger partial charge in [-0.05, 0) is 39.8 Å². The van der Waals surface area contributed by atoms with E-state index in [4.69, 9.17) is 5.73 Å². The minimum absolute atomic E-state index is 0.291. The van der Waals surface area contributed by atoms with Crippen LogP contribution < -0.4 is 5.73 Å². The van der Waals surface area contributed by atoms with Gasteiger partial charge < -0.3 is 15.5 Å². The van der Waals surface area contributed by atoms with Crippen molar-refractivity contribution in [1.29, 1.82) is 0 Å². The van der Waals surface area contributed by atoms with Crippen molar-refractivity contribution in [3.05, 3.63) is 0 Å². The zero-order chi connectivity index (χ0) is 15.2. The van der Waals surface area contributed by atoms with Crippen LogP contribution in [-0.4, -0.2) is 55.5 Å². The van der Waals surface area contributed by atoms with Gasteiger partial charge in [-0.1, -0.05) is 26.7 Å². The third-order valence-corrected chi connectivity index (χ3v) is 5.01. The molecule has 1 fully saturated rings. The van der Waals surface area contributed by atoms with E-state index in [1.165, 1.54) is 12.8 Å². The van der Waals surface area contributed by atoms with Crippen molar-refractivity contribution in [3.8, 4) is 0 Å². The maximum atomic E-state index is 13.1. The lowest BCUT2D eigenvalue weighted by atomic mass is 9.80. The molecule has 0 atom stereocenters. The molecule has 1 aliphatic carbocycles. The highest BCUT2D eigenvalue weighted by atomic mass is 16.2. The van der Waals surface area contributed by atoms with Gasteiger partial charge in [-0.2, -0.15) is 0 Å². The second-order valence-electron chi connectivity index (χ2n) is 6.43. The molecule has 1 saturated carbocycles. The van der Waals surface area contributed by atoms with Crippen molar-refractivity contribution in [1.82, 2.24) is 9.80 Å². The molecule has 1 amide bonds. The molecule has 4 heteroatoms. The summed E-state index contributed by atoms with van der Waals surface area (Å²) in [6, 6.07) is 0.437. The first kappa shape index (κ1) is 17.4. The van der Waals surface area contributed by atoms with Crippen LogP contribution in [0.1, 0.15) is 52.4 Å². The van der Waals surface area contributed by atoms with Crippen molar-refractivity contribution in [2.75, 3.05) is 33.7 Å². The molecule has 0 aromatic heterocycles. The molecule has 0 unspecified atom stereocenters. The van der Waals surface area contributed by atoms with Crippen molar-refractivity contribution >= 4 is 5.91 Å². The monoisotopic (exact) mass is 283 g/mol. The number of nitrogens with two attached hydrogens (primary N) is 1. The summed E-state index contributed by atoms with van der Waals surface area (Å²) in [4.78, 5) is 17.4. The number of hydrogen-bond donors (Lipinski definition) is 1. The van der Waals surface area contributed by atoms with Gasteiger partial charge in [0.15, 0.2) is 0 Å². The third kappa shape index (κ3) is 3.95. The quantitative estimate of drug-likeness (QED) is 0.742. The normalized spacial score (nSPS) is 16.9. The summed E-state index contributed by atoms with van der Waals surface area (Å²) in [5.74, 6) is 0.291. The highest BCUT2D eigenvalue weighted by molar-refractivity contribution is 5.83. The Bertz CT molecular complexity index is 286. The van der Waals surface area contributed by atoms with E-state index in [1.54, 1.807) is 0 Å². The fourth-order valence-electron chi connectivity index (χ4n) is 3.21. The van der Waals surface area contributed by atoms with E-state index in [0.29, 0.717) is 18.5 Å². The van der Waals surface area contributed by atoms with Gasteiger partial charge >= 0.3 is 0 Å². The summed E-state index contributed by atoms with van der Waals surface area (Å²) in [6.45, 7) is 6.40. The molecule has 0 aromatic carbocycles. The number of likely N-dealkylation sites (N-methyl/N-ethyl adjacent to an activating group) is 1. The van der Waals surface area contributed by atoms with Crippen molar-refractivity contribution in [2.24, 2.45) is 11.1 Å². The van der Waals surface area contributed by atoms with Gasteiger partial charge in [-0.25, -0.2) is 0 Å². The Morgan fingerprint density at radius 3 is 2.10 bits per heavy atom. The van der Waals surface area contributed by atoms with Crippen LogP contribution in [0.4, 0.5) is 0 Å². The first-order valence-corrected chi connectivity index (χ1v) is 8.16. The number of nitrogens with zero attached hydrogens (tertiary/aromatic N) is 2. The Morgan fingerprint density at radius 2 is 1.70 bits per heavy atom. The van der Waals surface area contributed by atoms with Crippen molar-refractivity contribution < 1.29 is 4.79 Å². The molecule has 0 aromatic rings. The number of rotatable bonds is 8. The van der Waals surface area contributed by atoms with Crippen molar-refractivity contribution in [2.45, 2.75) is 58.4 Å². The molecule has 4 nitrogen and oxygen atoms in total. The fraction of sp³-hybridized carbons (Fsp3) is 0.938. The van der Waals surface area contributed by atoms with Crippen LogP contribution in [0.5, 0.6) is 0 Å². The Balaban J connectivity index is 2.86. The Morgan fingerprint density at radius 1 is 1.15 bits per heavy atom. The maximum Gasteiger partial charge on any atom is 0.230 e. The lowest BCUT2D eigenvalue weighted by Crippen LogP contribution is -2.52. The predicted octanol–water partition coefficient (Wildman–Crippen LogP) is 2.08. The van der Waals surface area contributed by atoms with E-state index in [0.717, 1.165) is 38.8 Å². The Hall–Kier alpha value is -0.610. The van der Waals surface area contributed by atoms with Gasteiger partial charge in [0.2, 0.25) is 5.91 Å². The summed E-state index contributed by atoms with van der Waals surface area (Å²) < 4.78 is 0. The largest absolute Gasteiger partial charge is 0.338 e. The molecule has 1 aliphatic rings. The first-order valence-electron chi connectivity index (χ1n) is 8.16. The lowest BCUT2D eigenvalue weighted by molar-refractivity contribution is -0.144. The van der Waals surface area contributed by atoms with Gasteiger partial charge in [0.1, 0.15) is 0 Å². The molecular formula is C16H33N3O. The summed E-state index contributed by atoms with van der Waals surface area (Å²) >= 11 is 0. The van der Waals surface area contributed by atoms with E-state index in [9.17, 15) is 4.79 Å². The fourth-order valence-corrected chi connectivity index (χ4v) is 3.21. The average molecular weight is 283 g/mol. The molecule has 1 rings (SSSR count). The van der Waals surface area contributed by atoms with Crippen LogP contribution in [0.2, 0.25) is 0 Å². The Kier molecular flexibility index (Phi) is 6.96. The maximum absolute atomic E-state index is 13.1. The molecule has 0 bridgehead atoms. The zero-order valence-electron chi connectivity index (χ0n) is 13.8. The highest BCUT2D eigenvalue weighted by Gasteiger charge is 2.39. The first-order chi connectivity index (χ1) is 9.50. The van der Waals surface area contributed by atoms with Crippen LogP contribution in [0, 0.1) is 5.41 Å². The zero-order valence-corrected chi connectivity index (χ0v) is 13.8. The van der Waals surface area contributed by atoms with Gasteiger partial charge in [0.25, 0.3) is 0 Å². The average Bonchev–Trinajstić information content (AvgIpc) is 2.95. The van der Waals surface area contributed by atoms with Gasteiger partial charge in [0.05, 0.1) is 5.41 Å². The molecule has 0 aliphatic heterocycles. The third-order valence-electron chi connectivity index (χ3n) is 5.01. The van der Waals surface area contributed by atoms with Crippen LogP contribution in [-0.2, 0) is 4.79 Å². The van der Waals surface area contributed by atoms with E-state index in [1.807, 2.05) is 0 Å². The topological polar surface area (TPSA) is 49.6 Å². The SMILES string of the molecule is CCC(CC)(CN)C(=O)N(CCN(C)C)C1CCCC1. The number of carbonyl (C=O) groups excluding carboxylic acids is 1. The van der Waals surface area contributed by atoms with Gasteiger partial charge in [-0.15, -0.1) is 0 Å². The van der Waals surface area contributed by atoms with Gasteiger partial charge in [0, 0.05) is 25.7 Å². The lowest BCUT2D eigenvalue weighted by Gasteiger charge is -2.39. The summed E-state index contributed by atoms with van der Waals surface area (Å²) in [5.41, 5.74) is 5.61. The molecule has 118 valence electrons. The van der Waals surface area contributed by atoms with Crippen LogP contribution in [0.3, 0.4) is 0 Å².